The van der Waals surface area contributed by atoms with E-state index in [1.807, 2.05) is 30.3 Å². The Hall–Kier alpha value is -5.59. The molecule has 1 unspecified atom stereocenters. The molecule has 0 aliphatic carbocycles. The van der Waals surface area contributed by atoms with Crippen molar-refractivity contribution in [2.24, 2.45) is 0 Å². The van der Waals surface area contributed by atoms with Crippen molar-refractivity contribution in [2.45, 2.75) is 25.6 Å². The third kappa shape index (κ3) is 7.88. The molecule has 0 spiro atoms. The first-order valence-corrected chi connectivity index (χ1v) is 13.8. The standard InChI is InChI=1S/C32H29F3N6O4/c1-20-11-12-24(38-30(42)22-9-6-10-23(14-22)32(33,34)35)15-25(20)40-31(43)41(2)29-16-28(36-18-37-29)39-26(27-17-44-19-45-27)13-21-7-4-3-5-8-21/h3-12,14-18,26H,13,19H2,1-2H3,(H,38,42)(H,40,43)(H,36,37,39). The highest BCUT2D eigenvalue weighted by molar-refractivity contribution is 6.05. The molecule has 13 heteroatoms. The van der Waals surface area contributed by atoms with E-state index in [0.717, 1.165) is 17.7 Å². The first kappa shape index (κ1) is 30.9. The molecule has 0 radical (unpaired) electrons. The molecule has 2 heterocycles. The summed E-state index contributed by atoms with van der Waals surface area (Å²) in [4.78, 5) is 35.8. The second-order valence-electron chi connectivity index (χ2n) is 10.1. The summed E-state index contributed by atoms with van der Waals surface area (Å²) in [5, 5.41) is 8.70. The molecule has 0 saturated carbocycles. The van der Waals surface area contributed by atoms with E-state index >= 15 is 0 Å². The monoisotopic (exact) mass is 618 g/mol. The van der Waals surface area contributed by atoms with Gasteiger partial charge in [0.2, 0.25) is 6.79 Å². The zero-order valence-electron chi connectivity index (χ0n) is 24.3. The number of carbonyl (C=O) groups is 2. The number of anilines is 4. The number of aromatic nitrogens is 2. The number of ether oxygens (including phenoxy) is 2. The summed E-state index contributed by atoms with van der Waals surface area (Å²) in [5.74, 6) is 0.636. The van der Waals surface area contributed by atoms with Crippen LogP contribution < -0.4 is 20.9 Å². The quantitative estimate of drug-likeness (QED) is 0.194. The molecule has 5 rings (SSSR count). The SMILES string of the molecule is Cc1ccc(NC(=O)c2cccc(C(F)(F)F)c2)cc1NC(=O)N(C)c1cc(NC(Cc2ccccc2)C2=COCO2)ncn1. The Bertz CT molecular complexity index is 1710. The van der Waals surface area contributed by atoms with Crippen LogP contribution in [0.3, 0.4) is 0 Å². The van der Waals surface area contributed by atoms with E-state index < -0.39 is 23.7 Å². The molecule has 1 atom stereocenters. The van der Waals surface area contributed by atoms with E-state index in [0.29, 0.717) is 35.1 Å². The topological polar surface area (TPSA) is 118 Å². The first-order valence-electron chi connectivity index (χ1n) is 13.8. The number of aryl methyl sites for hydroxylation is 1. The van der Waals surface area contributed by atoms with E-state index in [4.69, 9.17) is 9.47 Å². The van der Waals surface area contributed by atoms with E-state index in [1.54, 1.807) is 31.4 Å². The highest BCUT2D eigenvalue weighted by atomic mass is 19.4. The number of rotatable bonds is 9. The van der Waals surface area contributed by atoms with E-state index in [-0.39, 0.29) is 24.1 Å². The molecule has 232 valence electrons. The number of nitrogens with zero attached hydrogens (tertiary/aromatic N) is 3. The van der Waals surface area contributed by atoms with Crippen LogP contribution in [-0.4, -0.2) is 41.8 Å². The highest BCUT2D eigenvalue weighted by Crippen LogP contribution is 2.30. The number of benzene rings is 3. The largest absolute Gasteiger partial charge is 0.462 e. The zero-order valence-corrected chi connectivity index (χ0v) is 24.3. The number of hydrogen-bond acceptors (Lipinski definition) is 7. The second-order valence-corrected chi connectivity index (χ2v) is 10.1. The second kappa shape index (κ2) is 13.4. The van der Waals surface area contributed by atoms with Crippen molar-refractivity contribution >= 4 is 34.9 Å². The van der Waals surface area contributed by atoms with Gasteiger partial charge in [0.1, 0.15) is 24.2 Å². The van der Waals surface area contributed by atoms with Crippen LogP contribution in [0.15, 0.2) is 97.2 Å². The minimum Gasteiger partial charge on any atom is -0.462 e. The van der Waals surface area contributed by atoms with Crippen LogP contribution in [-0.2, 0) is 22.1 Å². The Morgan fingerprint density at radius 1 is 0.978 bits per heavy atom. The average Bonchev–Trinajstić information content (AvgIpc) is 3.58. The zero-order chi connectivity index (χ0) is 32.0. The van der Waals surface area contributed by atoms with Crippen molar-refractivity contribution in [3.8, 4) is 0 Å². The van der Waals surface area contributed by atoms with Gasteiger partial charge in [-0.25, -0.2) is 14.8 Å². The van der Waals surface area contributed by atoms with Crippen LogP contribution in [0, 0.1) is 6.92 Å². The van der Waals surface area contributed by atoms with Gasteiger partial charge in [0.15, 0.2) is 5.76 Å². The lowest BCUT2D eigenvalue weighted by molar-refractivity contribution is -0.137. The number of halogens is 3. The van der Waals surface area contributed by atoms with Crippen molar-refractivity contribution in [3.63, 3.8) is 0 Å². The molecular weight excluding hydrogens is 589 g/mol. The van der Waals surface area contributed by atoms with Gasteiger partial charge in [-0.05, 0) is 54.8 Å². The van der Waals surface area contributed by atoms with Gasteiger partial charge in [0.25, 0.3) is 5.91 Å². The molecule has 0 bridgehead atoms. The van der Waals surface area contributed by atoms with Crippen LogP contribution in [0.25, 0.3) is 0 Å². The number of amides is 3. The lowest BCUT2D eigenvalue weighted by Crippen LogP contribution is -2.32. The van der Waals surface area contributed by atoms with Crippen LogP contribution in [0.2, 0.25) is 0 Å². The van der Waals surface area contributed by atoms with Crippen LogP contribution in [0.1, 0.15) is 27.0 Å². The lowest BCUT2D eigenvalue weighted by atomic mass is 10.0. The summed E-state index contributed by atoms with van der Waals surface area (Å²) in [6, 6.07) is 19.5. The maximum absolute atomic E-state index is 13.2. The Labute approximate surface area is 256 Å². The Balaban J connectivity index is 1.27. The highest BCUT2D eigenvalue weighted by Gasteiger charge is 2.31. The van der Waals surface area contributed by atoms with Crippen LogP contribution in [0.4, 0.5) is 41.0 Å². The van der Waals surface area contributed by atoms with Gasteiger partial charge in [0.05, 0.1) is 11.6 Å². The Morgan fingerprint density at radius 3 is 2.51 bits per heavy atom. The predicted octanol–water partition coefficient (Wildman–Crippen LogP) is 6.59. The number of urea groups is 1. The summed E-state index contributed by atoms with van der Waals surface area (Å²) < 4.78 is 50.1. The summed E-state index contributed by atoms with van der Waals surface area (Å²) in [6.07, 6.45) is -1.10. The molecule has 0 saturated heterocycles. The molecule has 3 amide bonds. The molecule has 3 aromatic carbocycles. The molecule has 1 aliphatic heterocycles. The number of nitrogens with one attached hydrogen (secondary N) is 3. The molecule has 0 fully saturated rings. The minimum atomic E-state index is -4.58. The fraction of sp³-hybridized carbons (Fsp3) is 0.188. The predicted molar refractivity (Wildman–Crippen MR) is 163 cm³/mol. The van der Waals surface area contributed by atoms with Gasteiger partial charge < -0.3 is 25.4 Å². The fourth-order valence-corrected chi connectivity index (χ4v) is 4.47. The summed E-state index contributed by atoms with van der Waals surface area (Å²) in [7, 11) is 1.54. The molecule has 1 aromatic heterocycles. The maximum atomic E-state index is 13.2. The Morgan fingerprint density at radius 2 is 1.78 bits per heavy atom. The van der Waals surface area contributed by atoms with Crippen molar-refractivity contribution in [3.05, 3.63) is 119 Å². The van der Waals surface area contributed by atoms with Crippen molar-refractivity contribution in [1.82, 2.24) is 9.97 Å². The smallest absolute Gasteiger partial charge is 0.416 e. The van der Waals surface area contributed by atoms with Gasteiger partial charge in [0, 0.05) is 30.1 Å². The van der Waals surface area contributed by atoms with Crippen molar-refractivity contribution in [1.29, 1.82) is 0 Å². The molecule has 1 aliphatic rings. The molecular formula is C32H29F3N6O4. The molecule has 4 aromatic rings. The van der Waals surface area contributed by atoms with E-state index in [2.05, 4.69) is 25.9 Å². The van der Waals surface area contributed by atoms with Crippen LogP contribution in [0.5, 0.6) is 0 Å². The van der Waals surface area contributed by atoms with E-state index in [9.17, 15) is 22.8 Å². The van der Waals surface area contributed by atoms with Gasteiger partial charge in [-0.2, -0.15) is 13.2 Å². The summed E-state index contributed by atoms with van der Waals surface area (Å²) in [6.45, 7) is 1.88. The van der Waals surface area contributed by atoms with Crippen molar-refractivity contribution < 1.29 is 32.2 Å². The third-order valence-corrected chi connectivity index (χ3v) is 6.93. The number of alkyl halides is 3. The third-order valence-electron chi connectivity index (χ3n) is 6.93. The van der Waals surface area contributed by atoms with E-state index in [1.165, 1.54) is 36.5 Å². The summed E-state index contributed by atoms with van der Waals surface area (Å²) in [5.41, 5.74) is 1.34. The van der Waals surface area contributed by atoms with Gasteiger partial charge in [-0.3, -0.25) is 9.69 Å². The first-order chi connectivity index (χ1) is 21.6. The van der Waals surface area contributed by atoms with Gasteiger partial charge >= 0.3 is 12.2 Å². The number of hydrogen-bond donors (Lipinski definition) is 3. The number of carbonyl (C=O) groups excluding carboxylic acids is 2. The maximum Gasteiger partial charge on any atom is 0.416 e. The van der Waals surface area contributed by atoms with Crippen molar-refractivity contribution in [2.75, 3.05) is 34.7 Å². The molecule has 45 heavy (non-hydrogen) atoms. The summed E-state index contributed by atoms with van der Waals surface area (Å²) >= 11 is 0. The Kier molecular flexibility index (Phi) is 9.17. The van der Waals surface area contributed by atoms with Gasteiger partial charge in [-0.1, -0.05) is 42.5 Å². The lowest BCUT2D eigenvalue weighted by Gasteiger charge is -2.21. The minimum absolute atomic E-state index is 0.121. The normalized spacial score (nSPS) is 13.1. The molecule has 10 nitrogen and oxygen atoms in total. The average molecular weight is 619 g/mol. The molecule has 3 N–H and O–H groups in total. The van der Waals surface area contributed by atoms with Crippen LogP contribution >= 0.6 is 0 Å². The fourth-order valence-electron chi connectivity index (χ4n) is 4.47. The van der Waals surface area contributed by atoms with Gasteiger partial charge in [-0.15, -0.1) is 0 Å².